The van der Waals surface area contributed by atoms with Gasteiger partial charge in [-0.1, -0.05) is 24.3 Å². The summed E-state index contributed by atoms with van der Waals surface area (Å²) in [6.07, 6.45) is 2.80. The third-order valence-corrected chi connectivity index (χ3v) is 3.51. The normalized spacial score (nSPS) is 23.6. The van der Waals surface area contributed by atoms with Crippen LogP contribution in [0.2, 0.25) is 0 Å². The van der Waals surface area contributed by atoms with E-state index in [1.54, 1.807) is 0 Å². The number of carbonyl (C=O) groups is 1. The van der Waals surface area contributed by atoms with Crippen molar-refractivity contribution >= 4 is 5.97 Å². The van der Waals surface area contributed by atoms with E-state index in [2.05, 4.69) is 6.07 Å². The maximum atomic E-state index is 12.0. The van der Waals surface area contributed by atoms with Gasteiger partial charge in [-0.3, -0.25) is 4.79 Å². The lowest BCUT2D eigenvalue weighted by Crippen LogP contribution is -2.46. The minimum atomic E-state index is -0.621. The minimum absolute atomic E-state index is 0.206. The van der Waals surface area contributed by atoms with E-state index in [0.717, 1.165) is 24.8 Å². The van der Waals surface area contributed by atoms with Gasteiger partial charge in [-0.15, -0.1) is 0 Å². The maximum Gasteiger partial charge on any atom is 0.317 e. The molecule has 1 unspecified atom stereocenters. The van der Waals surface area contributed by atoms with Crippen LogP contribution in [0.4, 0.5) is 0 Å². The number of rotatable bonds is 2. The molecule has 0 amide bonds. The molecule has 0 aromatic heterocycles. The molecule has 16 heavy (non-hydrogen) atoms. The molecule has 1 aromatic rings. The predicted molar refractivity (Wildman–Crippen MR) is 62.1 cm³/mol. The summed E-state index contributed by atoms with van der Waals surface area (Å²) >= 11 is 0. The average Bonchev–Trinajstić information content (AvgIpc) is 2.37. The average molecular weight is 219 g/mol. The maximum absolute atomic E-state index is 12.0. The van der Waals surface area contributed by atoms with Crippen LogP contribution in [0.5, 0.6) is 0 Å². The molecule has 1 aromatic carbocycles. The van der Waals surface area contributed by atoms with Gasteiger partial charge in [-0.25, -0.2) is 0 Å². The topological polar surface area (TPSA) is 52.3 Å². The highest BCUT2D eigenvalue weighted by molar-refractivity contribution is 5.84. The molecule has 0 spiro atoms. The van der Waals surface area contributed by atoms with Gasteiger partial charge in [0.1, 0.15) is 5.41 Å². The van der Waals surface area contributed by atoms with Crippen molar-refractivity contribution in [3.8, 4) is 0 Å². The zero-order chi connectivity index (χ0) is 11.6. The van der Waals surface area contributed by atoms with E-state index in [1.807, 2.05) is 18.2 Å². The molecule has 3 nitrogen and oxygen atoms in total. The Balaban J connectivity index is 2.53. The number of nitrogens with two attached hydrogens (primary N) is 1. The van der Waals surface area contributed by atoms with Crippen LogP contribution in [0.1, 0.15) is 24.0 Å². The number of esters is 1. The van der Waals surface area contributed by atoms with Crippen LogP contribution in [0.15, 0.2) is 24.3 Å². The first-order chi connectivity index (χ1) is 7.74. The summed E-state index contributed by atoms with van der Waals surface area (Å²) < 4.78 is 4.92. The third-order valence-electron chi connectivity index (χ3n) is 3.51. The first-order valence-electron chi connectivity index (χ1n) is 5.61. The highest BCUT2D eigenvalue weighted by atomic mass is 16.5. The third kappa shape index (κ3) is 1.52. The van der Waals surface area contributed by atoms with Crippen LogP contribution in [-0.2, 0) is 21.4 Å². The van der Waals surface area contributed by atoms with E-state index in [0.29, 0.717) is 6.54 Å². The number of aryl methyl sites for hydroxylation is 1. The Kier molecular flexibility index (Phi) is 2.97. The summed E-state index contributed by atoms with van der Waals surface area (Å²) in [5.41, 5.74) is 7.49. The summed E-state index contributed by atoms with van der Waals surface area (Å²) in [7, 11) is 1.43. The van der Waals surface area contributed by atoms with Crippen molar-refractivity contribution in [1.82, 2.24) is 0 Å². The van der Waals surface area contributed by atoms with Crippen molar-refractivity contribution in [3.63, 3.8) is 0 Å². The Hall–Kier alpha value is -1.35. The lowest BCUT2D eigenvalue weighted by molar-refractivity contribution is -0.147. The zero-order valence-electron chi connectivity index (χ0n) is 9.53. The van der Waals surface area contributed by atoms with Crippen LogP contribution in [0.25, 0.3) is 0 Å². The first kappa shape index (κ1) is 11.1. The summed E-state index contributed by atoms with van der Waals surface area (Å²) in [6, 6.07) is 8.03. The second-order valence-corrected chi connectivity index (χ2v) is 4.29. The van der Waals surface area contributed by atoms with Crippen LogP contribution in [0.3, 0.4) is 0 Å². The molecule has 1 aliphatic rings. The fourth-order valence-electron chi connectivity index (χ4n) is 2.62. The number of methoxy groups -OCH3 is 1. The number of carbonyl (C=O) groups excluding carboxylic acids is 1. The van der Waals surface area contributed by atoms with Crippen LogP contribution in [0, 0.1) is 0 Å². The number of ether oxygens (including phenoxy) is 1. The first-order valence-corrected chi connectivity index (χ1v) is 5.61. The molecule has 2 rings (SSSR count). The minimum Gasteiger partial charge on any atom is -0.468 e. The van der Waals surface area contributed by atoms with E-state index in [-0.39, 0.29) is 5.97 Å². The smallest absolute Gasteiger partial charge is 0.317 e. The van der Waals surface area contributed by atoms with Gasteiger partial charge in [-0.05, 0) is 30.4 Å². The standard InChI is InChI=1S/C13H17NO2/c1-16-12(15)13(9-14)8-4-6-10-5-2-3-7-11(10)13/h2-3,5,7H,4,6,8-9,14H2,1H3. The van der Waals surface area contributed by atoms with E-state index in [1.165, 1.54) is 12.7 Å². The Morgan fingerprint density at radius 2 is 2.25 bits per heavy atom. The van der Waals surface area contributed by atoms with Gasteiger partial charge in [0.05, 0.1) is 7.11 Å². The molecule has 3 heteroatoms. The van der Waals surface area contributed by atoms with Crippen LogP contribution in [-0.4, -0.2) is 19.6 Å². The highest BCUT2D eigenvalue weighted by Gasteiger charge is 2.43. The fourth-order valence-corrected chi connectivity index (χ4v) is 2.62. The van der Waals surface area contributed by atoms with E-state index in [9.17, 15) is 4.79 Å². The number of fused-ring (bicyclic) bond motifs is 1. The molecule has 0 aliphatic heterocycles. The van der Waals surface area contributed by atoms with Gasteiger partial charge in [0.25, 0.3) is 0 Å². The molecular weight excluding hydrogens is 202 g/mol. The monoisotopic (exact) mass is 219 g/mol. The van der Waals surface area contributed by atoms with Gasteiger partial charge in [-0.2, -0.15) is 0 Å². The molecular formula is C13H17NO2. The Morgan fingerprint density at radius 3 is 2.94 bits per heavy atom. The summed E-state index contributed by atoms with van der Waals surface area (Å²) in [4.78, 5) is 12.0. The fraction of sp³-hybridized carbons (Fsp3) is 0.462. The van der Waals surface area contributed by atoms with Crippen molar-refractivity contribution in [3.05, 3.63) is 35.4 Å². The van der Waals surface area contributed by atoms with Crippen molar-refractivity contribution in [2.24, 2.45) is 5.73 Å². The lowest BCUT2D eigenvalue weighted by atomic mass is 9.70. The van der Waals surface area contributed by atoms with Crippen molar-refractivity contribution < 1.29 is 9.53 Å². The lowest BCUT2D eigenvalue weighted by Gasteiger charge is -2.35. The molecule has 0 saturated heterocycles. The SMILES string of the molecule is COC(=O)C1(CN)CCCc2ccccc21. The Bertz CT molecular complexity index is 403. The van der Waals surface area contributed by atoms with E-state index >= 15 is 0 Å². The molecule has 1 aliphatic carbocycles. The van der Waals surface area contributed by atoms with Gasteiger partial charge >= 0.3 is 5.97 Å². The quantitative estimate of drug-likeness (QED) is 0.765. The molecule has 0 saturated carbocycles. The number of hydrogen-bond donors (Lipinski definition) is 1. The van der Waals surface area contributed by atoms with Gasteiger partial charge < -0.3 is 10.5 Å². The van der Waals surface area contributed by atoms with Crippen molar-refractivity contribution in [1.29, 1.82) is 0 Å². The molecule has 0 fully saturated rings. The Morgan fingerprint density at radius 1 is 1.50 bits per heavy atom. The van der Waals surface area contributed by atoms with E-state index < -0.39 is 5.41 Å². The summed E-state index contributed by atoms with van der Waals surface area (Å²) in [5, 5.41) is 0. The molecule has 0 heterocycles. The van der Waals surface area contributed by atoms with Gasteiger partial charge in [0.2, 0.25) is 0 Å². The zero-order valence-corrected chi connectivity index (χ0v) is 9.53. The number of hydrogen-bond acceptors (Lipinski definition) is 3. The van der Waals surface area contributed by atoms with Crippen LogP contribution < -0.4 is 5.73 Å². The molecule has 0 bridgehead atoms. The predicted octanol–water partition coefficient (Wildman–Crippen LogP) is 1.39. The molecule has 0 radical (unpaired) electrons. The number of benzene rings is 1. The van der Waals surface area contributed by atoms with Gasteiger partial charge in [0, 0.05) is 6.54 Å². The van der Waals surface area contributed by atoms with Crippen molar-refractivity contribution in [2.45, 2.75) is 24.7 Å². The van der Waals surface area contributed by atoms with Crippen molar-refractivity contribution in [2.75, 3.05) is 13.7 Å². The van der Waals surface area contributed by atoms with E-state index in [4.69, 9.17) is 10.5 Å². The van der Waals surface area contributed by atoms with Gasteiger partial charge in [0.15, 0.2) is 0 Å². The highest BCUT2D eigenvalue weighted by Crippen LogP contribution is 2.37. The summed E-state index contributed by atoms with van der Waals surface area (Å²) in [5.74, 6) is -0.206. The molecule has 2 N–H and O–H groups in total. The van der Waals surface area contributed by atoms with Crippen LogP contribution >= 0.6 is 0 Å². The second kappa shape index (κ2) is 4.26. The second-order valence-electron chi connectivity index (χ2n) is 4.29. The molecule has 1 atom stereocenters. The Labute approximate surface area is 95.6 Å². The largest absolute Gasteiger partial charge is 0.468 e. The summed E-state index contributed by atoms with van der Waals surface area (Å²) in [6.45, 7) is 0.316. The molecule has 86 valence electrons.